The van der Waals surface area contributed by atoms with Crippen molar-refractivity contribution >= 4 is 23.5 Å². The molecule has 2 N–H and O–H groups in total. The number of benzene rings is 3. The lowest BCUT2D eigenvalue weighted by Crippen LogP contribution is -2.49. The van der Waals surface area contributed by atoms with Crippen LogP contribution in [0.4, 0.5) is 5.69 Å². The number of anilines is 1. The van der Waals surface area contributed by atoms with E-state index >= 15 is 0 Å². The van der Waals surface area contributed by atoms with Gasteiger partial charge in [-0.1, -0.05) is 72.8 Å². The molecule has 3 aromatic rings. The van der Waals surface area contributed by atoms with Crippen LogP contribution in [0.1, 0.15) is 27.4 Å². The number of hydrogen-bond acceptors (Lipinski definition) is 5. The van der Waals surface area contributed by atoms with E-state index in [0.717, 1.165) is 11.3 Å². The molecule has 0 aromatic heterocycles. The van der Waals surface area contributed by atoms with Crippen LogP contribution in [0.3, 0.4) is 0 Å². The molecule has 0 saturated carbocycles. The standard InChI is InChI=1S/C28H23N3O3/c1-34-21-14-11-19(12-15-21)24-25(26(32)20-8-3-2-4-9-20)31-22-10-6-5-7-18(22)13-16-23(31)28(24,17-29)27(30)33/h2-16,23-25H,1H3,(H2,30,33)/t23?,24-,25+,28-/m1/s1. The maximum absolute atomic E-state index is 14.1. The van der Waals surface area contributed by atoms with Crippen molar-refractivity contribution in [2.24, 2.45) is 11.1 Å². The van der Waals surface area contributed by atoms with Gasteiger partial charge < -0.3 is 15.4 Å². The fourth-order valence-electron chi connectivity index (χ4n) is 5.39. The second-order valence-corrected chi connectivity index (χ2v) is 8.54. The van der Waals surface area contributed by atoms with Crippen molar-refractivity contribution in [2.45, 2.75) is 18.0 Å². The third-order valence-corrected chi connectivity index (χ3v) is 6.94. The highest BCUT2D eigenvalue weighted by atomic mass is 16.5. The summed E-state index contributed by atoms with van der Waals surface area (Å²) in [4.78, 5) is 29.1. The molecule has 0 spiro atoms. The van der Waals surface area contributed by atoms with Gasteiger partial charge in [-0.2, -0.15) is 5.26 Å². The van der Waals surface area contributed by atoms with Gasteiger partial charge in [0.2, 0.25) is 5.91 Å². The lowest BCUT2D eigenvalue weighted by molar-refractivity contribution is -0.125. The van der Waals surface area contributed by atoms with Crippen LogP contribution in [0.5, 0.6) is 5.75 Å². The summed E-state index contributed by atoms with van der Waals surface area (Å²) in [5.41, 5.74) is 7.23. The molecule has 6 heteroatoms. The van der Waals surface area contributed by atoms with Crippen LogP contribution in [-0.2, 0) is 4.79 Å². The van der Waals surface area contributed by atoms with Crippen molar-refractivity contribution in [1.82, 2.24) is 0 Å². The normalized spacial score (nSPS) is 24.6. The minimum absolute atomic E-state index is 0.171. The van der Waals surface area contributed by atoms with Gasteiger partial charge >= 0.3 is 0 Å². The number of nitrogens with two attached hydrogens (primary N) is 1. The van der Waals surface area contributed by atoms with E-state index in [4.69, 9.17) is 10.5 Å². The van der Waals surface area contributed by atoms with Crippen molar-refractivity contribution in [3.63, 3.8) is 0 Å². The molecule has 1 fully saturated rings. The van der Waals surface area contributed by atoms with E-state index in [-0.39, 0.29) is 5.78 Å². The number of carbonyl (C=O) groups is 2. The summed E-state index contributed by atoms with van der Waals surface area (Å²) in [6, 6.07) is 24.5. The first-order chi connectivity index (χ1) is 16.5. The summed E-state index contributed by atoms with van der Waals surface area (Å²) in [6.45, 7) is 0. The zero-order chi connectivity index (χ0) is 23.9. The Labute approximate surface area is 197 Å². The predicted molar refractivity (Wildman–Crippen MR) is 129 cm³/mol. The van der Waals surface area contributed by atoms with E-state index in [9.17, 15) is 14.9 Å². The molecule has 2 aliphatic rings. The summed E-state index contributed by atoms with van der Waals surface area (Å²) in [5.74, 6) is -1.08. The van der Waals surface area contributed by atoms with E-state index in [1.165, 1.54) is 0 Å². The van der Waals surface area contributed by atoms with Gasteiger partial charge in [0, 0.05) is 17.2 Å². The number of ether oxygens (including phenoxy) is 1. The molecular formula is C28H23N3O3. The van der Waals surface area contributed by atoms with Gasteiger partial charge in [-0.15, -0.1) is 0 Å². The molecule has 34 heavy (non-hydrogen) atoms. The van der Waals surface area contributed by atoms with Crippen molar-refractivity contribution in [3.05, 3.63) is 102 Å². The smallest absolute Gasteiger partial charge is 0.241 e. The first-order valence-electron chi connectivity index (χ1n) is 11.0. The molecule has 6 nitrogen and oxygen atoms in total. The largest absolute Gasteiger partial charge is 0.497 e. The molecule has 3 aromatic carbocycles. The topological polar surface area (TPSA) is 96.4 Å². The van der Waals surface area contributed by atoms with Crippen LogP contribution in [-0.4, -0.2) is 30.9 Å². The molecular weight excluding hydrogens is 426 g/mol. The van der Waals surface area contributed by atoms with E-state index in [0.29, 0.717) is 16.9 Å². The fraction of sp³-hybridized carbons (Fsp3) is 0.179. The second-order valence-electron chi connectivity index (χ2n) is 8.54. The molecule has 168 valence electrons. The quantitative estimate of drug-likeness (QED) is 0.595. The zero-order valence-electron chi connectivity index (χ0n) is 18.6. The second kappa shape index (κ2) is 8.20. The van der Waals surface area contributed by atoms with Gasteiger partial charge in [-0.3, -0.25) is 9.59 Å². The number of amides is 1. The number of hydrogen-bond donors (Lipinski definition) is 1. The lowest BCUT2D eigenvalue weighted by Gasteiger charge is -2.36. The Kier molecular flexibility index (Phi) is 5.18. The van der Waals surface area contributed by atoms with Crippen molar-refractivity contribution < 1.29 is 14.3 Å². The number of ketones is 1. The minimum Gasteiger partial charge on any atom is -0.497 e. The first-order valence-corrected chi connectivity index (χ1v) is 11.0. The van der Waals surface area contributed by atoms with Crippen molar-refractivity contribution in [2.75, 3.05) is 12.0 Å². The molecule has 0 bridgehead atoms. The zero-order valence-corrected chi connectivity index (χ0v) is 18.6. The molecule has 5 rings (SSSR count). The average Bonchev–Trinajstić information content (AvgIpc) is 3.20. The highest BCUT2D eigenvalue weighted by Gasteiger charge is 2.65. The number of para-hydroxylation sites is 1. The Bertz CT molecular complexity index is 1330. The van der Waals surface area contributed by atoms with Crippen LogP contribution in [0.25, 0.3) is 6.08 Å². The third-order valence-electron chi connectivity index (χ3n) is 6.94. The molecule has 0 radical (unpaired) electrons. The van der Waals surface area contributed by atoms with E-state index < -0.39 is 29.3 Å². The van der Waals surface area contributed by atoms with Crippen LogP contribution in [0, 0.1) is 16.7 Å². The Morgan fingerprint density at radius 2 is 1.68 bits per heavy atom. The summed E-state index contributed by atoms with van der Waals surface area (Å²) in [7, 11) is 1.57. The monoisotopic (exact) mass is 449 g/mol. The summed E-state index contributed by atoms with van der Waals surface area (Å²) < 4.78 is 5.30. The Balaban J connectivity index is 1.79. The van der Waals surface area contributed by atoms with E-state index in [2.05, 4.69) is 6.07 Å². The van der Waals surface area contributed by atoms with Gasteiger partial charge in [-0.25, -0.2) is 0 Å². The summed E-state index contributed by atoms with van der Waals surface area (Å²) >= 11 is 0. The predicted octanol–water partition coefficient (Wildman–Crippen LogP) is 3.94. The molecule has 2 aliphatic heterocycles. The number of carbonyl (C=O) groups excluding carboxylic acids is 2. The van der Waals surface area contributed by atoms with E-state index in [1.807, 2.05) is 47.4 Å². The Morgan fingerprint density at radius 3 is 2.32 bits per heavy atom. The van der Waals surface area contributed by atoms with Gasteiger partial charge in [0.05, 0.1) is 19.2 Å². The SMILES string of the molecule is COc1ccc([C@@H]2[C@@H](C(=O)c3ccccc3)N3c4ccccc4C=CC3[C@@]2(C#N)C(N)=O)cc1. The first kappa shape index (κ1) is 21.5. The number of methoxy groups -OCH3 is 1. The molecule has 1 amide bonds. The summed E-state index contributed by atoms with van der Waals surface area (Å²) in [5, 5.41) is 10.5. The number of Topliss-reactive ketones (excluding diaryl/α,β-unsaturated/α-hetero) is 1. The number of nitriles is 1. The van der Waals surface area contributed by atoms with Crippen LogP contribution in [0.15, 0.2) is 84.9 Å². The number of nitrogens with zero attached hydrogens (tertiary/aromatic N) is 2. The Morgan fingerprint density at radius 1 is 1.00 bits per heavy atom. The minimum atomic E-state index is -1.66. The Hall–Kier alpha value is -4.37. The van der Waals surface area contributed by atoms with Crippen LogP contribution < -0.4 is 15.4 Å². The molecule has 4 atom stereocenters. The fourth-order valence-corrected chi connectivity index (χ4v) is 5.39. The maximum atomic E-state index is 14.1. The number of rotatable bonds is 5. The number of primary amides is 1. The molecule has 2 heterocycles. The van der Waals surface area contributed by atoms with Crippen molar-refractivity contribution in [3.8, 4) is 11.8 Å². The third kappa shape index (κ3) is 3.01. The highest BCUT2D eigenvalue weighted by Crippen LogP contribution is 2.55. The molecule has 0 aliphatic carbocycles. The van der Waals surface area contributed by atoms with Crippen LogP contribution in [0.2, 0.25) is 0 Å². The van der Waals surface area contributed by atoms with Crippen molar-refractivity contribution in [1.29, 1.82) is 5.26 Å². The lowest BCUT2D eigenvalue weighted by atomic mass is 9.67. The molecule has 1 saturated heterocycles. The summed E-state index contributed by atoms with van der Waals surface area (Å²) in [6.07, 6.45) is 3.72. The van der Waals surface area contributed by atoms with Gasteiger partial charge in [0.25, 0.3) is 0 Å². The maximum Gasteiger partial charge on any atom is 0.241 e. The van der Waals surface area contributed by atoms with Crippen LogP contribution >= 0.6 is 0 Å². The average molecular weight is 450 g/mol. The molecule has 1 unspecified atom stereocenters. The van der Waals surface area contributed by atoms with Gasteiger partial charge in [0.1, 0.15) is 11.8 Å². The van der Waals surface area contributed by atoms with Gasteiger partial charge in [0.15, 0.2) is 11.2 Å². The van der Waals surface area contributed by atoms with E-state index in [1.54, 1.807) is 55.6 Å². The highest BCUT2D eigenvalue weighted by molar-refractivity contribution is 6.06. The number of fused-ring (bicyclic) bond motifs is 3. The van der Waals surface area contributed by atoms with Gasteiger partial charge in [-0.05, 0) is 29.3 Å².